The first-order chi connectivity index (χ1) is 7.69. The van der Waals surface area contributed by atoms with Gasteiger partial charge in [-0.1, -0.05) is 40.5 Å². The average Bonchev–Trinajstić information content (AvgIpc) is 2.26. The normalized spacial score (nSPS) is 12.8. The Bertz CT molecular complexity index is 333. The van der Waals surface area contributed by atoms with Gasteiger partial charge in [0.25, 0.3) is 0 Å². The molecule has 0 aliphatic heterocycles. The summed E-state index contributed by atoms with van der Waals surface area (Å²) in [6.45, 7) is 3.57. The van der Waals surface area contributed by atoms with Crippen molar-refractivity contribution in [2.45, 2.75) is 19.4 Å². The number of hydrogen-bond donors (Lipinski definition) is 1. The third-order valence-electron chi connectivity index (χ3n) is 2.32. The summed E-state index contributed by atoms with van der Waals surface area (Å²) < 4.78 is 6.57. The van der Waals surface area contributed by atoms with Crippen molar-refractivity contribution in [1.82, 2.24) is 5.32 Å². The molecule has 90 valence electrons. The molecule has 1 unspecified atom stereocenters. The monoisotopic (exact) mass is 305 g/mol. The number of ether oxygens (including phenoxy) is 1. The van der Waals surface area contributed by atoms with E-state index < -0.39 is 0 Å². The number of benzene rings is 1. The van der Waals surface area contributed by atoms with Crippen LogP contribution in [0.2, 0.25) is 5.02 Å². The molecule has 2 nitrogen and oxygen atoms in total. The first kappa shape index (κ1) is 14.0. The summed E-state index contributed by atoms with van der Waals surface area (Å²) in [5.41, 5.74) is 1.17. The van der Waals surface area contributed by atoms with E-state index in [1.165, 1.54) is 5.56 Å². The summed E-state index contributed by atoms with van der Waals surface area (Å²) >= 11 is 9.43. The van der Waals surface area contributed by atoms with Gasteiger partial charge in [0.1, 0.15) is 0 Å². The van der Waals surface area contributed by atoms with Crippen molar-refractivity contribution in [2.75, 3.05) is 20.3 Å². The Kier molecular flexibility index (Phi) is 6.36. The van der Waals surface area contributed by atoms with Crippen LogP contribution in [0.4, 0.5) is 0 Å². The molecule has 0 fully saturated rings. The molecular weight excluding hydrogens is 289 g/mol. The van der Waals surface area contributed by atoms with Crippen molar-refractivity contribution in [3.8, 4) is 0 Å². The maximum atomic E-state index is 5.91. The van der Waals surface area contributed by atoms with E-state index in [0.29, 0.717) is 6.61 Å². The zero-order valence-corrected chi connectivity index (χ0v) is 11.9. The van der Waals surface area contributed by atoms with Gasteiger partial charge in [-0.15, -0.1) is 0 Å². The molecule has 0 spiro atoms. The maximum Gasteiger partial charge on any atom is 0.0661 e. The van der Waals surface area contributed by atoms with Crippen LogP contribution in [-0.2, 0) is 4.74 Å². The third kappa shape index (κ3) is 4.06. The number of hydrogen-bond acceptors (Lipinski definition) is 2. The minimum absolute atomic E-state index is 0.193. The predicted molar refractivity (Wildman–Crippen MR) is 72.1 cm³/mol. The van der Waals surface area contributed by atoms with Gasteiger partial charge in [-0.05, 0) is 31.2 Å². The summed E-state index contributed by atoms with van der Waals surface area (Å²) in [6, 6.07) is 6.01. The van der Waals surface area contributed by atoms with Crippen LogP contribution >= 0.6 is 27.5 Å². The highest BCUT2D eigenvalue weighted by Gasteiger charge is 2.12. The SMILES string of the molecule is CCCOCC(NC)c1ccc(Cl)cc1Br. The predicted octanol–water partition coefficient (Wildman–Crippen LogP) is 3.79. The van der Waals surface area contributed by atoms with E-state index in [4.69, 9.17) is 16.3 Å². The van der Waals surface area contributed by atoms with Crippen LogP contribution in [0.5, 0.6) is 0 Å². The zero-order chi connectivity index (χ0) is 12.0. The Balaban J connectivity index is 2.70. The van der Waals surface area contributed by atoms with Crippen LogP contribution in [0.3, 0.4) is 0 Å². The van der Waals surface area contributed by atoms with Gasteiger partial charge in [0.2, 0.25) is 0 Å². The van der Waals surface area contributed by atoms with Crippen molar-refractivity contribution in [1.29, 1.82) is 0 Å². The molecular formula is C12H17BrClNO. The zero-order valence-electron chi connectivity index (χ0n) is 9.59. The summed E-state index contributed by atoms with van der Waals surface area (Å²) in [6.07, 6.45) is 1.04. The smallest absolute Gasteiger partial charge is 0.0661 e. The second-order valence-corrected chi connectivity index (χ2v) is 4.87. The lowest BCUT2D eigenvalue weighted by atomic mass is 10.1. The van der Waals surface area contributed by atoms with Gasteiger partial charge in [0.15, 0.2) is 0 Å². The molecule has 0 aliphatic rings. The second kappa shape index (κ2) is 7.28. The van der Waals surface area contributed by atoms with E-state index in [9.17, 15) is 0 Å². The topological polar surface area (TPSA) is 21.3 Å². The molecule has 0 amide bonds. The highest BCUT2D eigenvalue weighted by Crippen LogP contribution is 2.26. The second-order valence-electron chi connectivity index (χ2n) is 3.58. The van der Waals surface area contributed by atoms with E-state index in [0.717, 1.165) is 22.5 Å². The van der Waals surface area contributed by atoms with Gasteiger partial charge in [-0.2, -0.15) is 0 Å². The van der Waals surface area contributed by atoms with E-state index in [1.807, 2.05) is 25.2 Å². The number of likely N-dealkylation sites (N-methyl/N-ethyl adjacent to an activating group) is 1. The van der Waals surface area contributed by atoms with E-state index in [-0.39, 0.29) is 6.04 Å². The highest BCUT2D eigenvalue weighted by molar-refractivity contribution is 9.10. The van der Waals surface area contributed by atoms with Gasteiger partial charge in [-0.3, -0.25) is 0 Å². The molecule has 0 aromatic heterocycles. The fourth-order valence-electron chi connectivity index (χ4n) is 1.46. The molecule has 4 heteroatoms. The molecule has 0 radical (unpaired) electrons. The lowest BCUT2D eigenvalue weighted by Gasteiger charge is -2.18. The Morgan fingerprint density at radius 2 is 2.25 bits per heavy atom. The number of halogens is 2. The van der Waals surface area contributed by atoms with Crippen LogP contribution < -0.4 is 5.32 Å². The molecule has 0 saturated carbocycles. The summed E-state index contributed by atoms with van der Waals surface area (Å²) in [5, 5.41) is 3.98. The van der Waals surface area contributed by atoms with Crippen molar-refractivity contribution >= 4 is 27.5 Å². The third-order valence-corrected chi connectivity index (χ3v) is 3.24. The Morgan fingerprint density at radius 3 is 2.81 bits per heavy atom. The Hall–Kier alpha value is -0.0900. The van der Waals surface area contributed by atoms with E-state index >= 15 is 0 Å². The quantitative estimate of drug-likeness (QED) is 0.807. The van der Waals surface area contributed by atoms with Gasteiger partial charge in [0, 0.05) is 16.1 Å². The molecule has 0 heterocycles. The van der Waals surface area contributed by atoms with Crippen molar-refractivity contribution in [3.05, 3.63) is 33.3 Å². The first-order valence-corrected chi connectivity index (χ1v) is 6.56. The van der Waals surface area contributed by atoms with Crippen LogP contribution in [0.15, 0.2) is 22.7 Å². The van der Waals surface area contributed by atoms with Crippen molar-refractivity contribution in [2.24, 2.45) is 0 Å². The minimum atomic E-state index is 0.193. The van der Waals surface area contributed by atoms with Gasteiger partial charge in [0.05, 0.1) is 12.6 Å². The van der Waals surface area contributed by atoms with Crippen LogP contribution in [-0.4, -0.2) is 20.3 Å². The molecule has 0 aliphatic carbocycles. The standard InChI is InChI=1S/C12H17BrClNO/c1-3-6-16-8-12(15-2)10-5-4-9(14)7-11(10)13/h4-5,7,12,15H,3,6,8H2,1-2H3. The number of rotatable bonds is 6. The average molecular weight is 307 g/mol. The molecule has 1 aromatic rings. The fourth-order valence-corrected chi connectivity index (χ4v) is 2.42. The Morgan fingerprint density at radius 1 is 1.50 bits per heavy atom. The molecule has 0 saturated heterocycles. The van der Waals surface area contributed by atoms with Crippen LogP contribution in [0, 0.1) is 0 Å². The van der Waals surface area contributed by atoms with Gasteiger partial charge in [-0.25, -0.2) is 0 Å². The van der Waals surface area contributed by atoms with Crippen molar-refractivity contribution < 1.29 is 4.74 Å². The van der Waals surface area contributed by atoms with Gasteiger partial charge < -0.3 is 10.1 Å². The molecule has 16 heavy (non-hydrogen) atoms. The maximum absolute atomic E-state index is 5.91. The number of nitrogens with one attached hydrogen (secondary N) is 1. The lowest BCUT2D eigenvalue weighted by molar-refractivity contribution is 0.114. The molecule has 1 atom stereocenters. The lowest BCUT2D eigenvalue weighted by Crippen LogP contribution is -2.22. The van der Waals surface area contributed by atoms with E-state index in [2.05, 4.69) is 28.2 Å². The van der Waals surface area contributed by atoms with Crippen LogP contribution in [0.1, 0.15) is 24.9 Å². The molecule has 0 bridgehead atoms. The van der Waals surface area contributed by atoms with Crippen LogP contribution in [0.25, 0.3) is 0 Å². The Labute approximate surface area is 110 Å². The van der Waals surface area contributed by atoms with E-state index in [1.54, 1.807) is 0 Å². The summed E-state index contributed by atoms with van der Waals surface area (Å²) in [7, 11) is 1.93. The molecule has 1 aromatic carbocycles. The first-order valence-electron chi connectivity index (χ1n) is 5.39. The highest BCUT2D eigenvalue weighted by atomic mass is 79.9. The summed E-state index contributed by atoms with van der Waals surface area (Å²) in [5.74, 6) is 0. The fraction of sp³-hybridized carbons (Fsp3) is 0.500. The largest absolute Gasteiger partial charge is 0.379 e. The summed E-state index contributed by atoms with van der Waals surface area (Å²) in [4.78, 5) is 0. The van der Waals surface area contributed by atoms with Crippen molar-refractivity contribution in [3.63, 3.8) is 0 Å². The minimum Gasteiger partial charge on any atom is -0.379 e. The molecule has 1 N–H and O–H groups in total. The van der Waals surface area contributed by atoms with Gasteiger partial charge >= 0.3 is 0 Å². The molecule has 1 rings (SSSR count).